The Morgan fingerprint density at radius 1 is 1.39 bits per heavy atom. The molecule has 0 aliphatic carbocycles. The molecule has 0 amide bonds. The summed E-state index contributed by atoms with van der Waals surface area (Å²) in [4.78, 5) is 26.9. The van der Waals surface area contributed by atoms with Crippen LogP contribution in [0.1, 0.15) is 26.3 Å². The molecule has 2 atom stereocenters. The molecule has 0 aliphatic rings. The first-order chi connectivity index (χ1) is 14.6. The van der Waals surface area contributed by atoms with Gasteiger partial charge >= 0.3 is 5.97 Å². The van der Waals surface area contributed by atoms with Gasteiger partial charge < -0.3 is 15.4 Å². The number of nitrogens with one attached hydrogen (secondary N) is 2. The van der Waals surface area contributed by atoms with Crippen LogP contribution in [0.15, 0.2) is 31.2 Å². The van der Waals surface area contributed by atoms with E-state index in [-0.39, 0.29) is 17.2 Å². The summed E-state index contributed by atoms with van der Waals surface area (Å²) in [6.45, 7) is 9.69. The first kappa shape index (κ1) is 22.5. The highest BCUT2D eigenvalue weighted by Crippen LogP contribution is 2.29. The fourth-order valence-electron chi connectivity index (χ4n) is 3.00. The van der Waals surface area contributed by atoms with E-state index in [4.69, 9.17) is 5.11 Å². The first-order valence-corrected chi connectivity index (χ1v) is 11.0. The molecule has 0 saturated carbocycles. The summed E-state index contributed by atoms with van der Waals surface area (Å²) in [7, 11) is -1.55. The van der Waals surface area contributed by atoms with E-state index in [1.165, 1.54) is 6.07 Å². The van der Waals surface area contributed by atoms with Crippen LogP contribution in [0.2, 0.25) is 0 Å². The number of aliphatic carboxylic acids is 1. The number of halogens is 1. The van der Waals surface area contributed by atoms with Crippen molar-refractivity contribution in [1.29, 1.82) is 0 Å². The van der Waals surface area contributed by atoms with Gasteiger partial charge in [-0.3, -0.25) is 9.00 Å². The van der Waals surface area contributed by atoms with E-state index >= 15 is 0 Å². The number of aromatic amines is 1. The smallest absolute Gasteiger partial charge is 0.316 e. The molecule has 0 aliphatic heterocycles. The normalized spacial score (nSPS) is 13.7. The monoisotopic (exact) mass is 445 g/mol. The topological polar surface area (TPSA) is 121 Å². The lowest BCUT2D eigenvalue weighted by Gasteiger charge is -2.32. The minimum Gasteiger partial charge on any atom is -0.481 e. The minimum absolute atomic E-state index is 0.133. The lowest BCUT2D eigenvalue weighted by Crippen LogP contribution is -2.40. The van der Waals surface area contributed by atoms with Crippen LogP contribution in [-0.2, 0) is 15.6 Å². The average Bonchev–Trinajstić information content (AvgIpc) is 3.09. The van der Waals surface area contributed by atoms with Gasteiger partial charge in [0.2, 0.25) is 0 Å². The highest BCUT2D eigenvalue weighted by molar-refractivity contribution is 7.85. The van der Waals surface area contributed by atoms with E-state index in [0.717, 1.165) is 6.20 Å². The van der Waals surface area contributed by atoms with Crippen molar-refractivity contribution < 1.29 is 18.5 Å². The van der Waals surface area contributed by atoms with E-state index in [1.807, 2.05) is 20.8 Å². The molecule has 0 bridgehead atoms. The van der Waals surface area contributed by atoms with Crippen LogP contribution in [0.25, 0.3) is 28.5 Å². The molecule has 0 radical (unpaired) electrons. The maximum atomic E-state index is 13.7. The maximum Gasteiger partial charge on any atom is 0.316 e. The summed E-state index contributed by atoms with van der Waals surface area (Å²) in [5.74, 6) is -1.05. The molecule has 8 nitrogen and oxygen atoms in total. The summed E-state index contributed by atoms with van der Waals surface area (Å²) >= 11 is 0. The minimum atomic E-state index is -1.55. The number of hydrogen-bond acceptors (Lipinski definition) is 6. The Labute approximate surface area is 181 Å². The summed E-state index contributed by atoms with van der Waals surface area (Å²) in [5.41, 5.74) is 1.39. The van der Waals surface area contributed by atoms with Crippen LogP contribution in [0.3, 0.4) is 0 Å². The molecule has 2 unspecified atom stereocenters. The molecule has 3 heterocycles. The lowest BCUT2D eigenvalue weighted by molar-refractivity contribution is -0.133. The maximum absolute atomic E-state index is 13.7. The number of anilines is 1. The zero-order chi connectivity index (χ0) is 22.8. The number of fused-ring (bicyclic) bond motifs is 1. The van der Waals surface area contributed by atoms with E-state index < -0.39 is 28.3 Å². The molecule has 0 saturated heterocycles. The van der Waals surface area contributed by atoms with Crippen LogP contribution in [0.5, 0.6) is 0 Å². The Bertz CT molecular complexity index is 1160. The highest BCUT2D eigenvalue weighted by Gasteiger charge is 2.28. The Balaban J connectivity index is 1.99. The Kier molecular flexibility index (Phi) is 6.49. The van der Waals surface area contributed by atoms with Crippen LogP contribution in [0.4, 0.5) is 10.2 Å². The number of carboxylic acids is 1. The molecule has 0 fully saturated rings. The Hall–Kier alpha value is -3.14. The third-order valence-electron chi connectivity index (χ3n) is 4.77. The number of pyridine rings is 1. The van der Waals surface area contributed by atoms with E-state index in [0.29, 0.717) is 33.8 Å². The van der Waals surface area contributed by atoms with Crippen molar-refractivity contribution in [2.45, 2.75) is 26.8 Å². The van der Waals surface area contributed by atoms with E-state index in [9.17, 15) is 13.4 Å². The Morgan fingerprint density at radius 2 is 2.13 bits per heavy atom. The average molecular weight is 446 g/mol. The number of nitrogens with zero attached hydrogens (tertiary/aromatic N) is 3. The fourth-order valence-corrected chi connectivity index (χ4v) is 4.35. The third kappa shape index (κ3) is 5.32. The number of carbonyl (C=O) groups is 1. The molecular weight excluding hydrogens is 421 g/mol. The van der Waals surface area contributed by atoms with Gasteiger partial charge in [-0.2, -0.15) is 0 Å². The van der Waals surface area contributed by atoms with Crippen LogP contribution in [0, 0.1) is 11.2 Å². The van der Waals surface area contributed by atoms with Crippen LogP contribution in [-0.4, -0.2) is 52.8 Å². The largest absolute Gasteiger partial charge is 0.481 e. The van der Waals surface area contributed by atoms with E-state index in [2.05, 4.69) is 31.8 Å². The molecule has 3 aromatic rings. The van der Waals surface area contributed by atoms with Crippen LogP contribution >= 0.6 is 0 Å². The van der Waals surface area contributed by atoms with Gasteiger partial charge in [-0.05, 0) is 11.5 Å². The van der Waals surface area contributed by atoms with Gasteiger partial charge in [0.25, 0.3) is 0 Å². The quantitative estimate of drug-likeness (QED) is 0.485. The molecule has 3 rings (SSSR count). The predicted molar refractivity (Wildman–Crippen MR) is 120 cm³/mol. The van der Waals surface area contributed by atoms with Gasteiger partial charge in [0, 0.05) is 51.5 Å². The third-order valence-corrected chi connectivity index (χ3v) is 6.04. The molecule has 3 N–H and O–H groups in total. The summed E-state index contributed by atoms with van der Waals surface area (Å²) in [5, 5.41) is 12.8. The molecular formula is C21H24FN5O3S. The number of hydrogen-bond donors (Lipinski definition) is 3. The molecule has 0 spiro atoms. The SMILES string of the molecule is C=Cc1cnc(-c2c[nH]c3ncc(F)cc23)nc1NC(CS(=O)CC(=O)O)C(C)(C)C. The molecule has 31 heavy (non-hydrogen) atoms. The summed E-state index contributed by atoms with van der Waals surface area (Å²) in [6, 6.07) is 1.02. The first-order valence-electron chi connectivity index (χ1n) is 9.54. The van der Waals surface area contributed by atoms with Crippen molar-refractivity contribution in [3.05, 3.63) is 42.6 Å². The van der Waals surface area contributed by atoms with Crippen molar-refractivity contribution in [2.24, 2.45) is 5.41 Å². The Morgan fingerprint density at radius 3 is 2.77 bits per heavy atom. The van der Waals surface area contributed by atoms with Gasteiger partial charge in [0.05, 0.1) is 6.20 Å². The van der Waals surface area contributed by atoms with Gasteiger partial charge in [0.15, 0.2) is 5.82 Å². The van der Waals surface area contributed by atoms with Crippen molar-refractivity contribution in [2.75, 3.05) is 16.8 Å². The molecule has 10 heteroatoms. The number of rotatable bonds is 8. The second-order valence-corrected chi connectivity index (χ2v) is 9.66. The van der Waals surface area contributed by atoms with Gasteiger partial charge in [0.1, 0.15) is 23.0 Å². The zero-order valence-electron chi connectivity index (χ0n) is 17.5. The van der Waals surface area contributed by atoms with Gasteiger partial charge in [-0.25, -0.2) is 19.3 Å². The second kappa shape index (κ2) is 8.93. The van der Waals surface area contributed by atoms with Crippen molar-refractivity contribution in [3.63, 3.8) is 0 Å². The van der Waals surface area contributed by atoms with Crippen molar-refractivity contribution in [1.82, 2.24) is 19.9 Å². The number of aromatic nitrogens is 4. The van der Waals surface area contributed by atoms with Crippen molar-refractivity contribution >= 4 is 39.7 Å². The number of H-pyrrole nitrogens is 1. The van der Waals surface area contributed by atoms with Crippen LogP contribution < -0.4 is 5.32 Å². The van der Waals surface area contributed by atoms with E-state index in [1.54, 1.807) is 18.5 Å². The summed E-state index contributed by atoms with van der Waals surface area (Å²) in [6.07, 6.45) is 5.98. The second-order valence-electron chi connectivity index (χ2n) is 8.16. The summed E-state index contributed by atoms with van der Waals surface area (Å²) < 4.78 is 26.0. The van der Waals surface area contributed by atoms with Crippen molar-refractivity contribution in [3.8, 4) is 11.4 Å². The lowest BCUT2D eigenvalue weighted by atomic mass is 9.88. The molecule has 164 valence electrons. The predicted octanol–water partition coefficient (Wildman–Crippen LogP) is 3.46. The van der Waals surface area contributed by atoms with Gasteiger partial charge in [-0.1, -0.05) is 33.4 Å². The van der Waals surface area contributed by atoms with Gasteiger partial charge in [-0.15, -0.1) is 0 Å². The highest BCUT2D eigenvalue weighted by atomic mass is 32.2. The standard InChI is InChI=1S/C21H24FN5O3S/c1-5-12-7-23-20(15-9-25-19-14(15)6-13(22)8-24-19)27-18(12)26-16(21(2,3)4)10-31(30)11-17(28)29/h5-9,16H,1,10-11H2,2-4H3,(H,24,25)(H,28,29)(H,23,26,27). The molecule has 0 aromatic carbocycles. The fraction of sp³-hybridized carbons (Fsp3) is 0.333. The number of carboxylic acid groups (broad SMARTS) is 1. The molecule has 3 aromatic heterocycles. The zero-order valence-corrected chi connectivity index (χ0v) is 18.3.